The minimum absolute atomic E-state index is 0.705. The van der Waals surface area contributed by atoms with Crippen molar-refractivity contribution in [3.05, 3.63) is 0 Å². The van der Waals surface area contributed by atoms with E-state index in [0.717, 1.165) is 0 Å². The molecule has 12 N–H and O–H groups in total. The van der Waals surface area contributed by atoms with Crippen LogP contribution in [0.1, 0.15) is 12.8 Å². The van der Waals surface area contributed by atoms with Crippen molar-refractivity contribution in [3.63, 3.8) is 0 Å². The van der Waals surface area contributed by atoms with Gasteiger partial charge in [0.05, 0.1) is 0 Å². The lowest BCUT2D eigenvalue weighted by molar-refractivity contribution is 0.204. The molecule has 0 rings (SSSR count). The molecule has 22 heavy (non-hydrogen) atoms. The second-order valence-corrected chi connectivity index (χ2v) is 2.26. The van der Waals surface area contributed by atoms with Gasteiger partial charge >= 0.3 is 24.4 Å². The number of primary amides is 4. The van der Waals surface area contributed by atoms with Crippen molar-refractivity contribution in [1.82, 2.24) is 0 Å². The molecule has 0 aromatic heterocycles. The number of amides is 4. The van der Waals surface area contributed by atoms with Gasteiger partial charge in [-0.25, -0.2) is 19.2 Å². The Morgan fingerprint density at radius 3 is 0.773 bits per heavy atom. The average molecular weight is 322 g/mol. The molecule has 4 amide bonds. The fourth-order valence-electron chi connectivity index (χ4n) is 0.144. The van der Waals surface area contributed by atoms with Gasteiger partial charge in [-0.15, -0.1) is 24.7 Å². The maximum absolute atomic E-state index is 8.78. The van der Waals surface area contributed by atoms with E-state index in [1.54, 1.807) is 0 Å². The maximum Gasteiger partial charge on any atom is 0.402 e. The highest BCUT2D eigenvalue weighted by Gasteiger charge is 1.67. The Hall–Kier alpha value is -3.80. The zero-order valence-corrected chi connectivity index (χ0v) is 11.3. The first-order valence-corrected chi connectivity index (χ1v) is 4.65. The summed E-state index contributed by atoms with van der Waals surface area (Å²) in [6, 6.07) is 0. The van der Waals surface area contributed by atoms with Crippen LogP contribution in [-0.2, 0) is 0 Å². The summed E-state index contributed by atoms with van der Waals surface area (Å²) in [6.45, 7) is 0. The van der Waals surface area contributed by atoms with E-state index in [2.05, 4.69) is 34.8 Å². The predicted molar refractivity (Wildman–Crippen MR) is 75.7 cm³/mol. The van der Waals surface area contributed by atoms with Crippen molar-refractivity contribution in [1.29, 1.82) is 0 Å². The standard InChI is InChI=1S/C6H6.4CH3NO2/c1-3-5-6-4-2;4*2-1(3)4/h1-2H,5-6H2;4*2H2,(H,3,4). The van der Waals surface area contributed by atoms with Crippen LogP contribution in [0.2, 0.25) is 0 Å². The molecule has 0 saturated carbocycles. The van der Waals surface area contributed by atoms with Crippen LogP contribution >= 0.6 is 0 Å². The Balaban J connectivity index is -0.0000000555. The normalized spacial score (nSPS) is 5.91. The minimum Gasteiger partial charge on any atom is -0.465 e. The molecule has 0 aliphatic heterocycles. The summed E-state index contributed by atoms with van der Waals surface area (Å²) in [5, 5.41) is 28.8. The van der Waals surface area contributed by atoms with E-state index in [9.17, 15) is 0 Å². The van der Waals surface area contributed by atoms with Gasteiger partial charge < -0.3 is 43.4 Å². The summed E-state index contributed by atoms with van der Waals surface area (Å²) in [4.78, 5) is 35.1. The molecule has 0 radical (unpaired) electrons. The van der Waals surface area contributed by atoms with Gasteiger partial charge in [0, 0.05) is 12.8 Å². The largest absolute Gasteiger partial charge is 0.465 e. The highest BCUT2D eigenvalue weighted by atomic mass is 16.4. The van der Waals surface area contributed by atoms with Crippen LogP contribution < -0.4 is 22.9 Å². The molecule has 0 unspecified atom stereocenters. The van der Waals surface area contributed by atoms with E-state index >= 15 is 0 Å². The summed E-state index contributed by atoms with van der Waals surface area (Å²) in [6.07, 6.45) is 5.81. The smallest absolute Gasteiger partial charge is 0.402 e. The third-order valence-corrected chi connectivity index (χ3v) is 0.414. The van der Waals surface area contributed by atoms with Crippen LogP contribution in [0.3, 0.4) is 0 Å². The summed E-state index contributed by atoms with van der Waals surface area (Å²) in [7, 11) is 0. The van der Waals surface area contributed by atoms with Crippen LogP contribution in [0.25, 0.3) is 0 Å². The zero-order chi connectivity index (χ0) is 19.1. The van der Waals surface area contributed by atoms with Crippen molar-refractivity contribution in [2.24, 2.45) is 22.9 Å². The number of rotatable bonds is 1. The van der Waals surface area contributed by atoms with E-state index < -0.39 is 24.4 Å². The molecule has 0 atom stereocenters. The highest BCUT2D eigenvalue weighted by molar-refractivity contribution is 5.62. The molecule has 0 aromatic rings. The highest BCUT2D eigenvalue weighted by Crippen LogP contribution is 1.78. The quantitative estimate of drug-likeness (QED) is 0.230. The molecule has 12 nitrogen and oxygen atoms in total. The number of terminal acetylenes is 2. The first kappa shape index (κ1) is 30.9. The third-order valence-electron chi connectivity index (χ3n) is 0.414. The van der Waals surface area contributed by atoms with Crippen molar-refractivity contribution in [2.75, 3.05) is 0 Å². The van der Waals surface area contributed by atoms with Crippen LogP contribution in [0.15, 0.2) is 0 Å². The Labute approximate surface area is 125 Å². The number of carboxylic acid groups (broad SMARTS) is 4. The molecule has 12 heteroatoms. The molecule has 0 aliphatic rings. The van der Waals surface area contributed by atoms with Gasteiger partial charge in [0.1, 0.15) is 0 Å². The van der Waals surface area contributed by atoms with Crippen LogP contribution in [0.4, 0.5) is 19.2 Å². The predicted octanol–water partition coefficient (Wildman–Crippen LogP) is -0.475. The SMILES string of the molecule is C#CCCC#C.NC(=O)O.NC(=O)O.NC(=O)O.NC(=O)O. The lowest BCUT2D eigenvalue weighted by Crippen LogP contribution is -2.03. The average Bonchev–Trinajstić information content (AvgIpc) is 2.23. The first-order valence-electron chi connectivity index (χ1n) is 4.65. The van der Waals surface area contributed by atoms with Crippen LogP contribution in [-0.4, -0.2) is 44.8 Å². The minimum atomic E-state index is -1.33. The molecule has 126 valence electrons. The summed E-state index contributed by atoms with van der Waals surface area (Å²) < 4.78 is 0. The topological polar surface area (TPSA) is 253 Å². The van der Waals surface area contributed by atoms with Gasteiger partial charge in [0.15, 0.2) is 0 Å². The molecule has 0 aromatic carbocycles. The van der Waals surface area contributed by atoms with Gasteiger partial charge in [-0.05, 0) is 0 Å². The molecule has 0 saturated heterocycles. The number of unbranched alkanes of at least 4 members (excludes halogenated alkanes) is 1. The zero-order valence-electron chi connectivity index (χ0n) is 11.3. The second kappa shape index (κ2) is 30.3. The van der Waals surface area contributed by atoms with Gasteiger partial charge in [-0.3, -0.25) is 0 Å². The van der Waals surface area contributed by atoms with E-state index in [1.807, 2.05) is 0 Å². The number of hydrogen-bond acceptors (Lipinski definition) is 4. The second-order valence-electron chi connectivity index (χ2n) is 2.26. The van der Waals surface area contributed by atoms with E-state index in [0.29, 0.717) is 12.8 Å². The fraction of sp³-hybridized carbons (Fsp3) is 0.200. The van der Waals surface area contributed by atoms with Gasteiger partial charge in [0.2, 0.25) is 0 Å². The molecule has 0 heterocycles. The Morgan fingerprint density at radius 2 is 0.727 bits per heavy atom. The molecular formula is C10H18N4O8. The number of carbonyl (C=O) groups is 4. The number of nitrogens with two attached hydrogens (primary N) is 4. The van der Waals surface area contributed by atoms with Gasteiger partial charge in [0.25, 0.3) is 0 Å². The van der Waals surface area contributed by atoms with E-state index in [-0.39, 0.29) is 0 Å². The van der Waals surface area contributed by atoms with Crippen molar-refractivity contribution >= 4 is 24.4 Å². The number of hydrogen-bond donors (Lipinski definition) is 8. The molecule has 0 fully saturated rings. The monoisotopic (exact) mass is 322 g/mol. The van der Waals surface area contributed by atoms with Crippen LogP contribution in [0.5, 0.6) is 0 Å². The Bertz CT molecular complexity index is 319. The lowest BCUT2D eigenvalue weighted by atomic mass is 10.3. The molecule has 0 spiro atoms. The first-order chi connectivity index (χ1) is 9.84. The lowest BCUT2D eigenvalue weighted by Gasteiger charge is -1.70. The molecule has 0 aliphatic carbocycles. The summed E-state index contributed by atoms with van der Waals surface area (Å²) in [5.74, 6) is 4.85. The fourth-order valence-corrected chi connectivity index (χ4v) is 0.144. The Morgan fingerprint density at radius 1 is 0.636 bits per heavy atom. The third kappa shape index (κ3) is 5850. The van der Waals surface area contributed by atoms with Gasteiger partial charge in [-0.2, -0.15) is 0 Å². The van der Waals surface area contributed by atoms with Crippen molar-refractivity contribution < 1.29 is 39.6 Å². The Kier molecular flexibility index (Phi) is 42.6. The van der Waals surface area contributed by atoms with Gasteiger partial charge in [-0.1, -0.05) is 0 Å². The summed E-state index contributed by atoms with van der Waals surface area (Å²) in [5.41, 5.74) is 16.1. The maximum atomic E-state index is 8.78. The molecule has 0 bridgehead atoms. The van der Waals surface area contributed by atoms with Crippen molar-refractivity contribution in [3.8, 4) is 24.7 Å². The molecular weight excluding hydrogens is 304 g/mol. The van der Waals surface area contributed by atoms with E-state index in [1.165, 1.54) is 0 Å². The van der Waals surface area contributed by atoms with E-state index in [4.69, 9.17) is 52.5 Å². The van der Waals surface area contributed by atoms with Crippen molar-refractivity contribution in [2.45, 2.75) is 12.8 Å². The summed E-state index contributed by atoms with van der Waals surface area (Å²) >= 11 is 0. The van der Waals surface area contributed by atoms with Crippen LogP contribution in [0, 0.1) is 24.7 Å².